The van der Waals surface area contributed by atoms with Gasteiger partial charge in [-0.3, -0.25) is 4.79 Å². The molecule has 0 bridgehead atoms. The minimum absolute atomic E-state index is 0.0718. The molecular weight excluding hydrogens is 340 g/mol. The second-order valence-electron chi connectivity index (χ2n) is 6.30. The molecule has 1 amide bonds. The van der Waals surface area contributed by atoms with Crippen molar-refractivity contribution < 1.29 is 17.9 Å². The van der Waals surface area contributed by atoms with E-state index in [4.69, 9.17) is 4.74 Å². The van der Waals surface area contributed by atoms with E-state index in [0.29, 0.717) is 25.3 Å². The molecule has 2 rings (SSSR count). The number of piperidine rings is 1. The molecule has 0 spiro atoms. The molecule has 140 valence electrons. The highest BCUT2D eigenvalue weighted by molar-refractivity contribution is 7.89. The van der Waals surface area contributed by atoms with E-state index >= 15 is 0 Å². The Kier molecular flexibility index (Phi) is 7.40. The van der Waals surface area contributed by atoms with Gasteiger partial charge in [-0.15, -0.1) is 0 Å². The summed E-state index contributed by atoms with van der Waals surface area (Å²) in [5.41, 5.74) is 0.460. The van der Waals surface area contributed by atoms with Crippen LogP contribution in [0.25, 0.3) is 0 Å². The first-order valence-corrected chi connectivity index (χ1v) is 10.3. The van der Waals surface area contributed by atoms with Gasteiger partial charge in [0.05, 0.1) is 4.90 Å². The number of methoxy groups -OCH3 is 1. The van der Waals surface area contributed by atoms with Crippen LogP contribution in [0, 0.1) is 0 Å². The Morgan fingerprint density at radius 1 is 1.28 bits per heavy atom. The number of benzene rings is 1. The average molecular weight is 368 g/mol. The molecule has 0 radical (unpaired) electrons. The Hall–Kier alpha value is -1.44. The molecule has 25 heavy (non-hydrogen) atoms. The molecule has 1 aliphatic rings. The number of rotatable bonds is 8. The highest BCUT2D eigenvalue weighted by Crippen LogP contribution is 2.27. The maximum atomic E-state index is 12.9. The summed E-state index contributed by atoms with van der Waals surface area (Å²) in [5.74, 6) is -0.204. The molecule has 1 N–H and O–H groups in total. The lowest BCUT2D eigenvalue weighted by Crippen LogP contribution is -2.43. The third-order valence-electron chi connectivity index (χ3n) is 4.58. The standard InChI is InChI=1S/C18H28N2O4S/c1-3-16-7-4-5-13-20(16)25(22,23)17-10-8-15(9-11-17)18(21)19-12-6-14-24-2/h8-11,16H,3-7,12-14H2,1-2H3,(H,19,21). The second kappa shape index (κ2) is 9.31. The van der Waals surface area contributed by atoms with E-state index in [1.165, 1.54) is 12.1 Å². The Balaban J connectivity index is 2.06. The van der Waals surface area contributed by atoms with Crippen LogP contribution in [-0.4, -0.2) is 51.5 Å². The minimum Gasteiger partial charge on any atom is -0.385 e. The first-order valence-electron chi connectivity index (χ1n) is 8.89. The monoisotopic (exact) mass is 368 g/mol. The van der Waals surface area contributed by atoms with Gasteiger partial charge in [-0.05, 0) is 49.9 Å². The molecule has 1 atom stereocenters. The van der Waals surface area contributed by atoms with Crippen LogP contribution in [0.3, 0.4) is 0 Å². The first-order chi connectivity index (χ1) is 12.0. The van der Waals surface area contributed by atoms with Crippen molar-refractivity contribution in [1.82, 2.24) is 9.62 Å². The maximum absolute atomic E-state index is 12.9. The number of sulfonamides is 1. The Bertz CT molecular complexity index is 658. The van der Waals surface area contributed by atoms with E-state index < -0.39 is 10.0 Å². The number of nitrogens with one attached hydrogen (secondary N) is 1. The van der Waals surface area contributed by atoms with Crippen molar-refractivity contribution in [2.75, 3.05) is 26.8 Å². The Morgan fingerprint density at radius 2 is 2.00 bits per heavy atom. The lowest BCUT2D eigenvalue weighted by molar-refractivity contribution is 0.0948. The van der Waals surface area contributed by atoms with Crippen molar-refractivity contribution in [1.29, 1.82) is 0 Å². The molecule has 1 aliphatic heterocycles. The van der Waals surface area contributed by atoms with Crippen LogP contribution in [0.15, 0.2) is 29.2 Å². The predicted molar refractivity (Wildman–Crippen MR) is 97.1 cm³/mol. The Labute approximate surface area is 150 Å². The Morgan fingerprint density at radius 3 is 2.64 bits per heavy atom. The molecule has 1 unspecified atom stereocenters. The molecule has 1 fully saturated rings. The largest absolute Gasteiger partial charge is 0.385 e. The summed E-state index contributed by atoms with van der Waals surface area (Å²) >= 11 is 0. The number of hydrogen-bond donors (Lipinski definition) is 1. The van der Waals surface area contributed by atoms with Gasteiger partial charge in [-0.1, -0.05) is 13.3 Å². The van der Waals surface area contributed by atoms with E-state index in [-0.39, 0.29) is 16.8 Å². The van der Waals surface area contributed by atoms with Crippen molar-refractivity contribution in [2.45, 2.75) is 50.0 Å². The van der Waals surface area contributed by atoms with Gasteiger partial charge < -0.3 is 10.1 Å². The molecular formula is C18H28N2O4S. The van der Waals surface area contributed by atoms with Crippen molar-refractivity contribution in [3.05, 3.63) is 29.8 Å². The van der Waals surface area contributed by atoms with E-state index in [2.05, 4.69) is 5.32 Å². The van der Waals surface area contributed by atoms with Crippen molar-refractivity contribution in [2.24, 2.45) is 0 Å². The van der Waals surface area contributed by atoms with Gasteiger partial charge in [0.1, 0.15) is 0 Å². The van der Waals surface area contributed by atoms with E-state index in [0.717, 1.165) is 32.1 Å². The summed E-state index contributed by atoms with van der Waals surface area (Å²) < 4.78 is 32.3. The van der Waals surface area contributed by atoms with Crippen LogP contribution in [0.1, 0.15) is 49.4 Å². The molecule has 1 aromatic carbocycles. The lowest BCUT2D eigenvalue weighted by atomic mass is 10.0. The van der Waals surface area contributed by atoms with Gasteiger partial charge in [-0.25, -0.2) is 8.42 Å². The number of carbonyl (C=O) groups excluding carboxylic acids is 1. The van der Waals surface area contributed by atoms with E-state index in [9.17, 15) is 13.2 Å². The first kappa shape index (κ1) is 19.9. The number of ether oxygens (including phenoxy) is 1. The zero-order valence-electron chi connectivity index (χ0n) is 15.0. The summed E-state index contributed by atoms with van der Waals surface area (Å²) in [6, 6.07) is 6.27. The third-order valence-corrected chi connectivity index (χ3v) is 6.54. The molecule has 7 heteroatoms. The number of carbonyl (C=O) groups is 1. The smallest absolute Gasteiger partial charge is 0.251 e. The fourth-order valence-electron chi connectivity index (χ4n) is 3.13. The second-order valence-corrected chi connectivity index (χ2v) is 8.19. The summed E-state index contributed by atoms with van der Waals surface area (Å²) in [6.45, 7) is 3.71. The number of hydrogen-bond acceptors (Lipinski definition) is 4. The van der Waals surface area contributed by atoms with Gasteiger partial charge in [0.15, 0.2) is 0 Å². The van der Waals surface area contributed by atoms with Gasteiger partial charge in [-0.2, -0.15) is 4.31 Å². The quantitative estimate of drug-likeness (QED) is 0.715. The van der Waals surface area contributed by atoms with Crippen LogP contribution in [0.5, 0.6) is 0 Å². The topological polar surface area (TPSA) is 75.7 Å². The molecule has 6 nitrogen and oxygen atoms in total. The highest BCUT2D eigenvalue weighted by atomic mass is 32.2. The van der Waals surface area contributed by atoms with Gasteiger partial charge in [0, 0.05) is 38.4 Å². The fraction of sp³-hybridized carbons (Fsp3) is 0.611. The normalized spacial score (nSPS) is 18.9. The van der Waals surface area contributed by atoms with E-state index in [1.54, 1.807) is 23.5 Å². The minimum atomic E-state index is -3.50. The van der Waals surface area contributed by atoms with Gasteiger partial charge in [0.2, 0.25) is 10.0 Å². The van der Waals surface area contributed by atoms with Crippen LogP contribution in [0.2, 0.25) is 0 Å². The molecule has 0 aromatic heterocycles. The summed E-state index contributed by atoms with van der Waals surface area (Å²) in [7, 11) is -1.89. The summed E-state index contributed by atoms with van der Waals surface area (Å²) in [5, 5.41) is 2.79. The maximum Gasteiger partial charge on any atom is 0.251 e. The molecule has 1 aromatic rings. The van der Waals surface area contributed by atoms with Crippen molar-refractivity contribution >= 4 is 15.9 Å². The summed E-state index contributed by atoms with van der Waals surface area (Å²) in [6.07, 6.45) is 4.45. The zero-order valence-corrected chi connectivity index (χ0v) is 15.8. The number of amides is 1. The lowest BCUT2D eigenvalue weighted by Gasteiger charge is -2.34. The van der Waals surface area contributed by atoms with Crippen molar-refractivity contribution in [3.8, 4) is 0 Å². The average Bonchev–Trinajstić information content (AvgIpc) is 2.65. The van der Waals surface area contributed by atoms with Crippen LogP contribution < -0.4 is 5.32 Å². The molecule has 1 saturated heterocycles. The third kappa shape index (κ3) is 5.03. The number of nitrogens with zero attached hydrogens (tertiary/aromatic N) is 1. The predicted octanol–water partition coefficient (Wildman–Crippen LogP) is 2.41. The van der Waals surface area contributed by atoms with Crippen molar-refractivity contribution in [3.63, 3.8) is 0 Å². The van der Waals surface area contributed by atoms with Crippen LogP contribution in [0.4, 0.5) is 0 Å². The molecule has 1 heterocycles. The van der Waals surface area contributed by atoms with Gasteiger partial charge >= 0.3 is 0 Å². The van der Waals surface area contributed by atoms with Crippen LogP contribution in [-0.2, 0) is 14.8 Å². The fourth-order valence-corrected chi connectivity index (χ4v) is 4.90. The van der Waals surface area contributed by atoms with Gasteiger partial charge in [0.25, 0.3) is 5.91 Å². The molecule has 0 aliphatic carbocycles. The highest BCUT2D eigenvalue weighted by Gasteiger charge is 2.32. The van der Waals surface area contributed by atoms with E-state index in [1.807, 2.05) is 6.92 Å². The molecule has 0 saturated carbocycles. The van der Waals surface area contributed by atoms with Crippen LogP contribution >= 0.6 is 0 Å². The SMILES string of the molecule is CCC1CCCCN1S(=O)(=O)c1ccc(C(=O)NCCCOC)cc1. The zero-order chi connectivity index (χ0) is 18.3. The summed E-state index contributed by atoms with van der Waals surface area (Å²) in [4.78, 5) is 12.3.